The third-order valence-electron chi connectivity index (χ3n) is 3.48. The summed E-state index contributed by atoms with van der Waals surface area (Å²) >= 11 is 0. The monoisotopic (exact) mass is 327 g/mol. The van der Waals surface area contributed by atoms with Crippen molar-refractivity contribution < 1.29 is 17.7 Å². The minimum atomic E-state index is -3.72. The Morgan fingerprint density at radius 3 is 2.95 bits per heavy atom. The summed E-state index contributed by atoms with van der Waals surface area (Å²) in [6.07, 6.45) is 5.27. The Bertz CT molecular complexity index is 775. The molecule has 2 unspecified atom stereocenters. The van der Waals surface area contributed by atoms with E-state index in [1.165, 1.54) is 6.33 Å². The number of aromatic nitrogens is 4. The van der Waals surface area contributed by atoms with E-state index < -0.39 is 10.1 Å². The molecule has 0 saturated heterocycles. The fourth-order valence-electron chi connectivity index (χ4n) is 2.58. The zero-order chi connectivity index (χ0) is 15.7. The second kappa shape index (κ2) is 5.69. The standard InChI is InChI=1S/C12H17N5O4S/c1-22(19,20)21-12-16-10-9(13-6-14-10)11(17-12)15-7-3-2-4-8(18)5-7/h6-8,18H,2-5H2,1H3,(H2,13,14,15,16,17). The molecular weight excluding hydrogens is 310 g/mol. The lowest BCUT2D eigenvalue weighted by Crippen LogP contribution is -2.30. The number of aliphatic hydroxyl groups excluding tert-OH is 1. The second-order valence-corrected chi connectivity index (χ2v) is 6.98. The van der Waals surface area contributed by atoms with E-state index in [4.69, 9.17) is 4.18 Å². The van der Waals surface area contributed by atoms with Gasteiger partial charge in [0.15, 0.2) is 11.5 Å². The average Bonchev–Trinajstić information content (AvgIpc) is 2.85. The van der Waals surface area contributed by atoms with Crippen LogP contribution in [0.4, 0.5) is 5.82 Å². The number of hydrogen-bond acceptors (Lipinski definition) is 8. The van der Waals surface area contributed by atoms with Crippen LogP contribution in [0.25, 0.3) is 11.2 Å². The van der Waals surface area contributed by atoms with Crippen LogP contribution in [0, 0.1) is 0 Å². The van der Waals surface area contributed by atoms with Crippen LogP contribution in [0.5, 0.6) is 6.01 Å². The predicted molar refractivity (Wildman–Crippen MR) is 79.0 cm³/mol. The number of imidazole rings is 1. The van der Waals surface area contributed by atoms with Crippen LogP contribution in [0.2, 0.25) is 0 Å². The fourth-order valence-corrected chi connectivity index (χ4v) is 2.92. The third kappa shape index (κ3) is 3.45. The molecule has 1 fully saturated rings. The van der Waals surface area contributed by atoms with Crippen molar-refractivity contribution in [1.29, 1.82) is 0 Å². The highest BCUT2D eigenvalue weighted by molar-refractivity contribution is 7.86. The van der Waals surface area contributed by atoms with Crippen LogP contribution in [0.1, 0.15) is 25.7 Å². The van der Waals surface area contributed by atoms with Gasteiger partial charge in [0.1, 0.15) is 5.52 Å². The number of hydrogen-bond donors (Lipinski definition) is 3. The number of nitrogens with one attached hydrogen (secondary N) is 2. The van der Waals surface area contributed by atoms with E-state index in [2.05, 4.69) is 25.3 Å². The van der Waals surface area contributed by atoms with Crippen molar-refractivity contribution in [3.05, 3.63) is 6.33 Å². The molecular formula is C12H17N5O4S. The van der Waals surface area contributed by atoms with Gasteiger partial charge >= 0.3 is 16.1 Å². The SMILES string of the molecule is CS(=O)(=O)Oc1nc(NC2CCCC(O)C2)c2[nH]cnc2n1. The molecule has 3 rings (SSSR count). The molecule has 3 N–H and O–H groups in total. The molecule has 0 aromatic carbocycles. The van der Waals surface area contributed by atoms with Crippen LogP contribution < -0.4 is 9.50 Å². The number of aliphatic hydroxyl groups is 1. The van der Waals surface area contributed by atoms with Crippen LogP contribution in [-0.4, -0.2) is 51.9 Å². The zero-order valence-electron chi connectivity index (χ0n) is 12.0. The summed E-state index contributed by atoms with van der Waals surface area (Å²) in [5.41, 5.74) is 0.883. The predicted octanol–water partition coefficient (Wildman–Crippen LogP) is 0.407. The molecule has 0 radical (unpaired) electrons. The smallest absolute Gasteiger partial charge is 0.337 e. The summed E-state index contributed by atoms with van der Waals surface area (Å²) in [6, 6.07) is -0.225. The van der Waals surface area contributed by atoms with Crippen molar-refractivity contribution in [3.8, 4) is 6.01 Å². The second-order valence-electron chi connectivity index (χ2n) is 5.41. The number of H-pyrrole nitrogens is 1. The van der Waals surface area contributed by atoms with Crippen LogP contribution >= 0.6 is 0 Å². The summed E-state index contributed by atoms with van der Waals surface area (Å²) in [7, 11) is -3.72. The first-order chi connectivity index (χ1) is 10.4. The van der Waals surface area contributed by atoms with Gasteiger partial charge < -0.3 is 19.6 Å². The van der Waals surface area contributed by atoms with Crippen molar-refractivity contribution >= 4 is 27.1 Å². The molecule has 9 nitrogen and oxygen atoms in total. The van der Waals surface area contributed by atoms with Crippen LogP contribution in [0.3, 0.4) is 0 Å². The summed E-state index contributed by atoms with van der Waals surface area (Å²) in [4.78, 5) is 15.0. The molecule has 120 valence electrons. The maximum absolute atomic E-state index is 11.2. The van der Waals surface area contributed by atoms with E-state index in [1.807, 2.05) is 0 Å². The van der Waals surface area contributed by atoms with E-state index in [0.717, 1.165) is 25.5 Å². The average molecular weight is 327 g/mol. The number of aromatic amines is 1. The highest BCUT2D eigenvalue weighted by atomic mass is 32.2. The van der Waals surface area contributed by atoms with Crippen molar-refractivity contribution in [1.82, 2.24) is 19.9 Å². The molecule has 1 aliphatic carbocycles. The van der Waals surface area contributed by atoms with Crippen molar-refractivity contribution in [3.63, 3.8) is 0 Å². The van der Waals surface area contributed by atoms with Gasteiger partial charge in [-0.2, -0.15) is 18.4 Å². The van der Waals surface area contributed by atoms with Gasteiger partial charge in [0.25, 0.3) is 0 Å². The van der Waals surface area contributed by atoms with Crippen LogP contribution in [-0.2, 0) is 10.1 Å². The molecule has 22 heavy (non-hydrogen) atoms. The Morgan fingerprint density at radius 2 is 2.23 bits per heavy atom. The molecule has 0 amide bonds. The minimum absolute atomic E-state index is 0.0521. The largest absolute Gasteiger partial charge is 0.393 e. The summed E-state index contributed by atoms with van der Waals surface area (Å²) < 4.78 is 27.2. The molecule has 2 heterocycles. The van der Waals surface area contributed by atoms with Crippen LogP contribution in [0.15, 0.2) is 6.33 Å². The first-order valence-corrected chi connectivity index (χ1v) is 8.77. The Kier molecular flexibility index (Phi) is 3.87. The van der Waals surface area contributed by atoms with Gasteiger partial charge in [-0.15, -0.1) is 0 Å². The van der Waals surface area contributed by atoms with E-state index in [9.17, 15) is 13.5 Å². The van der Waals surface area contributed by atoms with Crippen molar-refractivity contribution in [2.24, 2.45) is 0 Å². The van der Waals surface area contributed by atoms with Crippen molar-refractivity contribution in [2.75, 3.05) is 11.6 Å². The van der Waals surface area contributed by atoms with Gasteiger partial charge in [0, 0.05) is 6.04 Å². The summed E-state index contributed by atoms with van der Waals surface area (Å²) in [6.45, 7) is 0. The first-order valence-electron chi connectivity index (χ1n) is 6.96. The molecule has 0 spiro atoms. The number of fused-ring (bicyclic) bond motifs is 1. The molecule has 0 bridgehead atoms. The first kappa shape index (κ1) is 15.0. The molecule has 1 saturated carbocycles. The van der Waals surface area contributed by atoms with E-state index >= 15 is 0 Å². The molecule has 2 atom stereocenters. The van der Waals surface area contributed by atoms with Crippen molar-refractivity contribution in [2.45, 2.75) is 37.8 Å². The lowest BCUT2D eigenvalue weighted by Gasteiger charge is -2.27. The Labute approximate surface area is 127 Å². The quantitative estimate of drug-likeness (QED) is 0.688. The third-order valence-corrected chi connectivity index (χ3v) is 3.93. The summed E-state index contributed by atoms with van der Waals surface area (Å²) in [5.74, 6) is 0.417. The van der Waals surface area contributed by atoms with Gasteiger partial charge in [-0.05, 0) is 25.7 Å². The molecule has 0 aliphatic heterocycles. The lowest BCUT2D eigenvalue weighted by molar-refractivity contribution is 0.124. The van der Waals surface area contributed by atoms with Gasteiger partial charge in [-0.25, -0.2) is 4.98 Å². The maximum atomic E-state index is 11.2. The van der Waals surface area contributed by atoms with Gasteiger partial charge in [0.05, 0.1) is 18.7 Å². The Balaban J connectivity index is 1.91. The number of rotatable bonds is 4. The Hall–Kier alpha value is -1.94. The molecule has 1 aliphatic rings. The normalized spacial score (nSPS) is 22.6. The van der Waals surface area contributed by atoms with Gasteiger partial charge in [-0.1, -0.05) is 0 Å². The Morgan fingerprint density at radius 1 is 1.41 bits per heavy atom. The highest BCUT2D eigenvalue weighted by Crippen LogP contribution is 2.25. The molecule has 10 heteroatoms. The van der Waals surface area contributed by atoms with Gasteiger partial charge in [-0.3, -0.25) is 0 Å². The topological polar surface area (TPSA) is 130 Å². The molecule has 2 aromatic rings. The number of anilines is 1. The zero-order valence-corrected chi connectivity index (χ0v) is 12.8. The summed E-state index contributed by atoms with van der Waals surface area (Å²) in [5, 5.41) is 13.0. The lowest BCUT2D eigenvalue weighted by atomic mass is 9.93. The minimum Gasteiger partial charge on any atom is -0.393 e. The number of nitrogens with zero attached hydrogens (tertiary/aromatic N) is 3. The van der Waals surface area contributed by atoms with E-state index in [1.54, 1.807) is 0 Å². The van der Waals surface area contributed by atoms with E-state index in [-0.39, 0.29) is 18.2 Å². The highest BCUT2D eigenvalue weighted by Gasteiger charge is 2.22. The molecule has 2 aromatic heterocycles. The fraction of sp³-hybridized carbons (Fsp3) is 0.583. The van der Waals surface area contributed by atoms with E-state index in [0.29, 0.717) is 23.4 Å². The van der Waals surface area contributed by atoms with Gasteiger partial charge in [0.2, 0.25) is 0 Å². The maximum Gasteiger partial charge on any atom is 0.337 e.